The Balaban J connectivity index is 1.89. The molecule has 1 aliphatic rings. The standard InChI is InChI=1S/C25H32ClF5N4O5S/c1-4-35-20(16-6-5-14(11-17(16)40-22(27)28)12-23(2,3)25(29,30)31)18(26)19(34-35)21(36)33-13-24(37)9-7-15(8-10-24)41(32,38)39/h5-6,11,15,22,37H,4,7-10,12-13H2,1-3H3,(H,33,36)(H2,32,38,39). The number of alkyl halides is 5. The number of hydrogen-bond acceptors (Lipinski definition) is 6. The fourth-order valence-electron chi connectivity index (χ4n) is 4.71. The van der Waals surface area contributed by atoms with Crippen molar-refractivity contribution in [1.82, 2.24) is 15.1 Å². The van der Waals surface area contributed by atoms with Crippen LogP contribution in [0.3, 0.4) is 0 Å². The van der Waals surface area contributed by atoms with Gasteiger partial charge in [-0.05, 0) is 56.7 Å². The number of aliphatic hydroxyl groups is 1. The van der Waals surface area contributed by atoms with Crippen molar-refractivity contribution in [2.24, 2.45) is 10.6 Å². The maximum absolute atomic E-state index is 13.4. The highest BCUT2D eigenvalue weighted by Crippen LogP contribution is 2.43. The van der Waals surface area contributed by atoms with Crippen LogP contribution in [-0.2, 0) is 23.0 Å². The number of rotatable bonds is 10. The van der Waals surface area contributed by atoms with Crippen LogP contribution >= 0.6 is 11.6 Å². The van der Waals surface area contributed by atoms with E-state index >= 15 is 0 Å². The van der Waals surface area contributed by atoms with Crippen LogP contribution in [0.15, 0.2) is 18.2 Å². The van der Waals surface area contributed by atoms with Crippen LogP contribution in [-0.4, -0.2) is 59.4 Å². The molecule has 4 N–H and O–H groups in total. The first kappa shape index (κ1) is 33.0. The Labute approximate surface area is 239 Å². The van der Waals surface area contributed by atoms with Gasteiger partial charge < -0.3 is 15.2 Å². The molecular formula is C25H32ClF5N4O5S. The van der Waals surface area contributed by atoms with Crippen molar-refractivity contribution in [2.45, 2.75) is 83.1 Å². The van der Waals surface area contributed by atoms with Crippen LogP contribution in [0.1, 0.15) is 62.5 Å². The smallest absolute Gasteiger partial charge is 0.394 e. The number of sulfonamides is 1. The average Bonchev–Trinajstić information content (AvgIpc) is 3.17. The molecule has 0 aliphatic heterocycles. The maximum Gasteiger partial charge on any atom is 0.394 e. The second kappa shape index (κ2) is 12.0. The fraction of sp³-hybridized carbons (Fsp3) is 0.600. The number of nitrogens with two attached hydrogens (primary N) is 1. The van der Waals surface area contributed by atoms with Gasteiger partial charge in [0.1, 0.15) is 5.75 Å². The highest BCUT2D eigenvalue weighted by Gasteiger charge is 2.47. The summed E-state index contributed by atoms with van der Waals surface area (Å²) in [5.41, 5.74) is -3.71. The molecule has 1 aromatic carbocycles. The molecule has 1 heterocycles. The Morgan fingerprint density at radius 3 is 2.41 bits per heavy atom. The number of halogens is 6. The quantitative estimate of drug-likeness (QED) is 0.327. The molecule has 1 aliphatic carbocycles. The number of amides is 1. The number of hydrogen-bond donors (Lipinski definition) is 3. The van der Waals surface area contributed by atoms with Gasteiger partial charge >= 0.3 is 12.8 Å². The number of aryl methyl sites for hydroxylation is 1. The number of nitrogens with zero attached hydrogens (tertiary/aromatic N) is 2. The predicted octanol–water partition coefficient (Wildman–Crippen LogP) is 4.65. The number of benzene rings is 1. The van der Waals surface area contributed by atoms with Crippen molar-refractivity contribution in [3.8, 4) is 17.0 Å². The van der Waals surface area contributed by atoms with Gasteiger partial charge in [0.2, 0.25) is 10.0 Å². The van der Waals surface area contributed by atoms with E-state index in [1.807, 2.05) is 0 Å². The van der Waals surface area contributed by atoms with Gasteiger partial charge in [0.25, 0.3) is 5.91 Å². The molecule has 1 fully saturated rings. The Morgan fingerprint density at radius 1 is 1.29 bits per heavy atom. The molecule has 0 spiro atoms. The summed E-state index contributed by atoms with van der Waals surface area (Å²) in [6.45, 7) is 0.226. The summed E-state index contributed by atoms with van der Waals surface area (Å²) >= 11 is 6.50. The van der Waals surface area contributed by atoms with E-state index in [0.717, 1.165) is 19.9 Å². The highest BCUT2D eigenvalue weighted by atomic mass is 35.5. The third-order valence-corrected chi connectivity index (χ3v) is 9.00. The zero-order chi connectivity index (χ0) is 31.0. The fourth-order valence-corrected chi connectivity index (χ4v) is 5.93. The minimum atomic E-state index is -4.55. The van der Waals surface area contributed by atoms with Gasteiger partial charge in [-0.1, -0.05) is 31.5 Å². The first-order chi connectivity index (χ1) is 18.8. The van der Waals surface area contributed by atoms with Crippen LogP contribution < -0.4 is 15.2 Å². The molecule has 16 heteroatoms. The highest BCUT2D eigenvalue weighted by molar-refractivity contribution is 7.89. The summed E-state index contributed by atoms with van der Waals surface area (Å²) in [5.74, 6) is -1.23. The van der Waals surface area contributed by atoms with E-state index in [4.69, 9.17) is 16.7 Å². The van der Waals surface area contributed by atoms with Crippen LogP contribution in [0.2, 0.25) is 5.02 Å². The van der Waals surface area contributed by atoms with Crippen molar-refractivity contribution in [3.05, 3.63) is 34.5 Å². The number of carbonyl (C=O) groups excluding carboxylic acids is 1. The first-order valence-corrected chi connectivity index (χ1v) is 14.7. The van der Waals surface area contributed by atoms with Gasteiger partial charge in [0.15, 0.2) is 5.69 Å². The predicted molar refractivity (Wildman–Crippen MR) is 141 cm³/mol. The summed E-state index contributed by atoms with van der Waals surface area (Å²) in [6.07, 6.45) is -4.68. The van der Waals surface area contributed by atoms with Gasteiger partial charge in [-0.25, -0.2) is 13.6 Å². The lowest BCUT2D eigenvalue weighted by atomic mass is 9.84. The van der Waals surface area contributed by atoms with Crippen molar-refractivity contribution in [2.75, 3.05) is 6.54 Å². The van der Waals surface area contributed by atoms with Crippen LogP contribution in [0.4, 0.5) is 22.0 Å². The van der Waals surface area contributed by atoms with Crippen molar-refractivity contribution in [3.63, 3.8) is 0 Å². The second-order valence-electron chi connectivity index (χ2n) is 10.8. The molecule has 0 bridgehead atoms. The van der Waals surface area contributed by atoms with E-state index in [9.17, 15) is 40.3 Å². The molecule has 230 valence electrons. The van der Waals surface area contributed by atoms with Gasteiger partial charge in [-0.2, -0.15) is 27.1 Å². The van der Waals surface area contributed by atoms with E-state index in [0.29, 0.717) is 0 Å². The summed E-state index contributed by atoms with van der Waals surface area (Å²) in [6, 6.07) is 3.69. The lowest BCUT2D eigenvalue weighted by Gasteiger charge is -2.35. The zero-order valence-corrected chi connectivity index (χ0v) is 24.1. The van der Waals surface area contributed by atoms with Crippen LogP contribution in [0.5, 0.6) is 5.75 Å². The Bertz CT molecular complexity index is 1370. The molecule has 1 saturated carbocycles. The third kappa shape index (κ3) is 7.67. The van der Waals surface area contributed by atoms with Crippen molar-refractivity contribution < 1.29 is 45.0 Å². The second-order valence-corrected chi connectivity index (χ2v) is 13.0. The van der Waals surface area contributed by atoms with Gasteiger partial charge in [-0.3, -0.25) is 9.48 Å². The number of nitrogens with one attached hydrogen (secondary N) is 1. The van der Waals surface area contributed by atoms with Gasteiger partial charge in [-0.15, -0.1) is 0 Å². The number of carbonyl (C=O) groups is 1. The summed E-state index contributed by atoms with van der Waals surface area (Å²) in [7, 11) is -3.75. The largest absolute Gasteiger partial charge is 0.434 e. The summed E-state index contributed by atoms with van der Waals surface area (Å²) in [4.78, 5) is 13.0. The molecule has 9 nitrogen and oxygen atoms in total. The van der Waals surface area contributed by atoms with E-state index in [2.05, 4.69) is 15.2 Å². The minimum Gasteiger partial charge on any atom is -0.434 e. The van der Waals surface area contributed by atoms with Crippen LogP contribution in [0, 0.1) is 5.41 Å². The van der Waals surface area contributed by atoms with Crippen molar-refractivity contribution in [1.29, 1.82) is 0 Å². The van der Waals surface area contributed by atoms with Crippen molar-refractivity contribution >= 4 is 27.5 Å². The molecule has 3 rings (SSSR count). The lowest BCUT2D eigenvalue weighted by molar-refractivity contribution is -0.211. The molecular weight excluding hydrogens is 599 g/mol. The molecule has 1 aromatic heterocycles. The van der Waals surface area contributed by atoms with Gasteiger partial charge in [0.05, 0.1) is 27.0 Å². The monoisotopic (exact) mass is 630 g/mol. The molecule has 0 unspecified atom stereocenters. The summed E-state index contributed by atoms with van der Waals surface area (Å²) < 4.78 is 95.9. The van der Waals surface area contributed by atoms with E-state index < -0.39 is 57.2 Å². The minimum absolute atomic E-state index is 0.0165. The third-order valence-electron chi connectivity index (χ3n) is 7.25. The lowest BCUT2D eigenvalue weighted by Crippen LogP contribution is -2.48. The summed E-state index contributed by atoms with van der Waals surface area (Å²) in [5, 5.41) is 21.7. The Hall–Kier alpha value is -2.49. The Morgan fingerprint density at radius 2 is 1.90 bits per heavy atom. The molecule has 0 atom stereocenters. The van der Waals surface area contributed by atoms with Gasteiger partial charge in [0, 0.05) is 18.7 Å². The zero-order valence-electron chi connectivity index (χ0n) is 22.6. The van der Waals surface area contributed by atoms with E-state index in [1.165, 1.54) is 16.8 Å². The number of aromatic nitrogens is 2. The Kier molecular flexibility index (Phi) is 9.68. The molecule has 2 aromatic rings. The SMILES string of the molecule is CCn1nc(C(=O)NCC2(O)CCC(S(N)(=O)=O)CC2)c(Cl)c1-c1ccc(CC(C)(C)C(F)(F)F)cc1OC(F)F. The number of ether oxygens (including phenoxy) is 1. The average molecular weight is 631 g/mol. The van der Waals surface area contributed by atoms with E-state index in [1.54, 1.807) is 6.92 Å². The molecule has 0 radical (unpaired) electrons. The number of primary sulfonamides is 1. The molecule has 0 saturated heterocycles. The van der Waals surface area contributed by atoms with E-state index in [-0.39, 0.29) is 66.3 Å². The molecule has 41 heavy (non-hydrogen) atoms. The first-order valence-electron chi connectivity index (χ1n) is 12.7. The topological polar surface area (TPSA) is 137 Å². The maximum atomic E-state index is 13.4. The van der Waals surface area contributed by atoms with Crippen LogP contribution in [0.25, 0.3) is 11.3 Å². The molecule has 1 amide bonds. The normalized spacial score (nSPS) is 20.3.